The quantitative estimate of drug-likeness (QED) is 0.312. The van der Waals surface area contributed by atoms with Gasteiger partial charge in [-0.25, -0.2) is 4.79 Å². The van der Waals surface area contributed by atoms with Gasteiger partial charge in [-0.15, -0.1) is 0 Å². The van der Waals surface area contributed by atoms with Gasteiger partial charge in [0, 0.05) is 17.1 Å². The van der Waals surface area contributed by atoms with Crippen LogP contribution in [0.4, 0.5) is 16.2 Å². The molecule has 1 unspecified atom stereocenters. The minimum atomic E-state index is -0.254. The van der Waals surface area contributed by atoms with Crippen LogP contribution >= 0.6 is 0 Å². The second kappa shape index (κ2) is 10.3. The van der Waals surface area contributed by atoms with E-state index in [0.717, 1.165) is 34.6 Å². The average Bonchev–Trinajstić information content (AvgIpc) is 2.91. The third-order valence-electron chi connectivity index (χ3n) is 6.41. The Kier molecular flexibility index (Phi) is 6.62. The summed E-state index contributed by atoms with van der Waals surface area (Å²) in [4.78, 5) is 15.6. The van der Waals surface area contributed by atoms with E-state index >= 15 is 0 Å². The molecule has 0 fully saturated rings. The van der Waals surface area contributed by atoms with Gasteiger partial charge in [0.15, 0.2) is 0 Å². The Bertz CT molecular complexity index is 1300. The standard InChI is InChI=1S/C31H29N3O/c1-2-28(23-14-6-3-7-15-23)34-29-21-13-12-18-25(29)22-27(30(34)24-16-8-4-9-17-24)33-31(35)32-26-19-10-5-11-20-26/h3-22,28,30H,2H2,1H3,(H2,32,33,35)/t28?,30-/m0/s1. The van der Waals surface area contributed by atoms with Crippen molar-refractivity contribution in [2.45, 2.75) is 25.4 Å². The van der Waals surface area contributed by atoms with Gasteiger partial charge in [-0.2, -0.15) is 0 Å². The van der Waals surface area contributed by atoms with E-state index in [0.29, 0.717) is 0 Å². The molecular formula is C31H29N3O. The first kappa shape index (κ1) is 22.5. The number of hydrogen-bond donors (Lipinski definition) is 2. The van der Waals surface area contributed by atoms with Crippen molar-refractivity contribution in [3.8, 4) is 0 Å². The summed E-state index contributed by atoms with van der Waals surface area (Å²) in [6, 6.07) is 38.7. The van der Waals surface area contributed by atoms with Gasteiger partial charge >= 0.3 is 6.03 Å². The molecule has 5 rings (SSSR count). The fourth-order valence-electron chi connectivity index (χ4n) is 4.89. The molecule has 0 radical (unpaired) electrons. The Morgan fingerprint density at radius 3 is 2.06 bits per heavy atom. The number of fused-ring (bicyclic) bond motifs is 1. The monoisotopic (exact) mass is 459 g/mol. The van der Waals surface area contributed by atoms with Gasteiger partial charge in [0.2, 0.25) is 0 Å². The first-order valence-corrected chi connectivity index (χ1v) is 12.1. The fourth-order valence-corrected chi connectivity index (χ4v) is 4.89. The molecule has 4 nitrogen and oxygen atoms in total. The predicted molar refractivity (Wildman–Crippen MR) is 144 cm³/mol. The number of benzene rings is 4. The first-order valence-electron chi connectivity index (χ1n) is 12.1. The number of amides is 2. The van der Waals surface area contributed by atoms with Crippen LogP contribution in [-0.2, 0) is 0 Å². The second-order valence-corrected chi connectivity index (χ2v) is 8.66. The van der Waals surface area contributed by atoms with Crippen molar-refractivity contribution in [3.05, 3.63) is 138 Å². The third-order valence-corrected chi connectivity index (χ3v) is 6.41. The molecule has 2 amide bonds. The van der Waals surface area contributed by atoms with Gasteiger partial charge in [-0.1, -0.05) is 104 Å². The van der Waals surface area contributed by atoms with Crippen LogP contribution in [0.1, 0.15) is 42.1 Å². The number of hydrogen-bond acceptors (Lipinski definition) is 2. The lowest BCUT2D eigenvalue weighted by Gasteiger charge is -2.44. The lowest BCUT2D eigenvalue weighted by atomic mass is 9.90. The van der Waals surface area contributed by atoms with Gasteiger partial charge < -0.3 is 15.5 Å². The molecule has 4 heteroatoms. The highest BCUT2D eigenvalue weighted by atomic mass is 16.2. The summed E-state index contributed by atoms with van der Waals surface area (Å²) in [6.45, 7) is 2.22. The minimum Gasteiger partial charge on any atom is -0.351 e. The Balaban J connectivity index is 1.60. The van der Waals surface area contributed by atoms with Crippen LogP contribution in [0, 0.1) is 0 Å². The number of carbonyl (C=O) groups excluding carboxylic acids is 1. The van der Waals surface area contributed by atoms with E-state index in [2.05, 4.69) is 101 Å². The highest BCUT2D eigenvalue weighted by Gasteiger charge is 2.35. The van der Waals surface area contributed by atoms with E-state index in [-0.39, 0.29) is 18.1 Å². The number of anilines is 2. The van der Waals surface area contributed by atoms with Gasteiger partial charge in [0.25, 0.3) is 0 Å². The molecule has 0 saturated carbocycles. The van der Waals surface area contributed by atoms with Gasteiger partial charge in [-0.3, -0.25) is 0 Å². The summed E-state index contributed by atoms with van der Waals surface area (Å²) in [5, 5.41) is 6.15. The molecule has 4 aromatic rings. The highest BCUT2D eigenvalue weighted by Crippen LogP contribution is 2.45. The van der Waals surface area contributed by atoms with Gasteiger partial charge in [-0.05, 0) is 47.4 Å². The van der Waals surface area contributed by atoms with Crippen molar-refractivity contribution in [2.75, 3.05) is 10.2 Å². The van der Waals surface area contributed by atoms with Crippen LogP contribution in [0.15, 0.2) is 121 Å². The van der Waals surface area contributed by atoms with E-state index in [1.165, 1.54) is 5.56 Å². The molecule has 0 bridgehead atoms. The molecule has 174 valence electrons. The van der Waals surface area contributed by atoms with Crippen LogP contribution in [-0.4, -0.2) is 6.03 Å². The lowest BCUT2D eigenvalue weighted by molar-refractivity contribution is 0.253. The Labute approximate surface area is 206 Å². The van der Waals surface area contributed by atoms with Gasteiger partial charge in [0.05, 0.1) is 12.1 Å². The van der Waals surface area contributed by atoms with Crippen LogP contribution in [0.3, 0.4) is 0 Å². The summed E-state index contributed by atoms with van der Waals surface area (Å²) in [7, 11) is 0. The fraction of sp³-hybridized carbons (Fsp3) is 0.129. The highest BCUT2D eigenvalue weighted by molar-refractivity contribution is 5.92. The maximum absolute atomic E-state index is 13.1. The number of urea groups is 1. The van der Waals surface area contributed by atoms with Crippen LogP contribution < -0.4 is 15.5 Å². The van der Waals surface area contributed by atoms with Crippen LogP contribution in [0.5, 0.6) is 0 Å². The Hall–Kier alpha value is -4.31. The molecule has 1 heterocycles. The Morgan fingerprint density at radius 2 is 1.37 bits per heavy atom. The molecule has 1 aliphatic heterocycles. The van der Waals surface area contributed by atoms with Crippen LogP contribution in [0.25, 0.3) is 6.08 Å². The number of nitrogens with zero attached hydrogens (tertiary/aromatic N) is 1. The molecule has 2 atom stereocenters. The summed E-state index contributed by atoms with van der Waals surface area (Å²) in [5.41, 5.74) is 6.22. The van der Waals surface area contributed by atoms with E-state index in [1.807, 2.05) is 42.5 Å². The van der Waals surface area contributed by atoms with E-state index in [4.69, 9.17) is 0 Å². The topological polar surface area (TPSA) is 44.4 Å². The second-order valence-electron chi connectivity index (χ2n) is 8.66. The molecule has 4 aromatic carbocycles. The molecule has 0 aliphatic carbocycles. The SMILES string of the molecule is CCC(c1ccccc1)N1c2ccccc2C=C(NC(=O)Nc2ccccc2)[C@@H]1c1ccccc1. The number of carbonyl (C=O) groups is 1. The van der Waals surface area contributed by atoms with Crippen molar-refractivity contribution < 1.29 is 4.79 Å². The Morgan fingerprint density at radius 1 is 0.771 bits per heavy atom. The molecule has 0 saturated heterocycles. The molecule has 2 N–H and O–H groups in total. The van der Waals surface area contributed by atoms with Crippen LogP contribution in [0.2, 0.25) is 0 Å². The lowest BCUT2D eigenvalue weighted by Crippen LogP contribution is -2.41. The zero-order valence-electron chi connectivity index (χ0n) is 19.8. The average molecular weight is 460 g/mol. The number of nitrogens with one attached hydrogen (secondary N) is 2. The minimum absolute atomic E-state index is 0.130. The summed E-state index contributed by atoms with van der Waals surface area (Å²) in [6.07, 6.45) is 3.02. The van der Waals surface area contributed by atoms with Crippen molar-refractivity contribution in [3.63, 3.8) is 0 Å². The largest absolute Gasteiger partial charge is 0.351 e. The maximum atomic E-state index is 13.1. The smallest absolute Gasteiger partial charge is 0.323 e. The van der Waals surface area contributed by atoms with E-state index in [1.54, 1.807) is 0 Å². The van der Waals surface area contributed by atoms with E-state index < -0.39 is 0 Å². The molecule has 35 heavy (non-hydrogen) atoms. The predicted octanol–water partition coefficient (Wildman–Crippen LogP) is 7.56. The summed E-state index contributed by atoms with van der Waals surface area (Å²) >= 11 is 0. The van der Waals surface area contributed by atoms with Gasteiger partial charge in [0.1, 0.15) is 0 Å². The molecule has 1 aliphatic rings. The molecular weight excluding hydrogens is 430 g/mol. The number of rotatable bonds is 6. The summed E-state index contributed by atoms with van der Waals surface area (Å²) in [5.74, 6) is 0. The maximum Gasteiger partial charge on any atom is 0.323 e. The van der Waals surface area contributed by atoms with Crippen molar-refractivity contribution in [1.29, 1.82) is 0 Å². The zero-order valence-corrected chi connectivity index (χ0v) is 19.8. The van der Waals surface area contributed by atoms with Crippen molar-refractivity contribution in [1.82, 2.24) is 5.32 Å². The summed E-state index contributed by atoms with van der Waals surface area (Å²) < 4.78 is 0. The van der Waals surface area contributed by atoms with Crippen molar-refractivity contribution in [2.24, 2.45) is 0 Å². The molecule has 0 spiro atoms. The normalized spacial score (nSPS) is 15.5. The van der Waals surface area contributed by atoms with Crippen molar-refractivity contribution >= 4 is 23.5 Å². The number of para-hydroxylation sites is 2. The zero-order chi connectivity index (χ0) is 24.0. The van der Waals surface area contributed by atoms with E-state index in [9.17, 15) is 4.79 Å². The molecule has 0 aromatic heterocycles. The third kappa shape index (κ3) is 4.82. The first-order chi connectivity index (χ1) is 17.2.